The van der Waals surface area contributed by atoms with Crippen molar-refractivity contribution >= 4 is 11.6 Å². The number of alkyl halides is 3. The molecule has 4 nitrogen and oxygen atoms in total. The fourth-order valence-electron chi connectivity index (χ4n) is 2.02. The van der Waals surface area contributed by atoms with Crippen molar-refractivity contribution in [2.24, 2.45) is 0 Å². The van der Waals surface area contributed by atoms with Crippen molar-refractivity contribution in [1.29, 1.82) is 0 Å². The summed E-state index contributed by atoms with van der Waals surface area (Å²) in [4.78, 5) is 12.3. The molecular weight excluding hydrogens is 323 g/mol. The normalized spacial score (nSPS) is 11.2. The third-order valence-electron chi connectivity index (χ3n) is 3.03. The maximum absolute atomic E-state index is 12.3. The summed E-state index contributed by atoms with van der Waals surface area (Å²) in [5.41, 5.74) is 1.35. The number of hydrogen-bond donors (Lipinski definition) is 1. The van der Waals surface area contributed by atoms with Crippen molar-refractivity contribution in [3.63, 3.8) is 0 Å². The zero-order valence-corrected chi connectivity index (χ0v) is 12.9. The highest BCUT2D eigenvalue weighted by atomic mass is 19.4. The summed E-state index contributed by atoms with van der Waals surface area (Å²) in [6, 6.07) is 12.7. The molecule has 2 aromatic rings. The number of para-hydroxylation sites is 2. The summed E-state index contributed by atoms with van der Waals surface area (Å²) in [5.74, 6) is -0.493. The number of benzene rings is 2. The molecule has 0 aliphatic heterocycles. The van der Waals surface area contributed by atoms with Gasteiger partial charge < -0.3 is 14.8 Å². The third-order valence-corrected chi connectivity index (χ3v) is 3.03. The Labute approximate surface area is 137 Å². The van der Waals surface area contributed by atoms with Crippen LogP contribution in [-0.2, 0) is 11.3 Å². The predicted molar refractivity (Wildman–Crippen MR) is 83.1 cm³/mol. The van der Waals surface area contributed by atoms with E-state index in [4.69, 9.17) is 9.47 Å². The van der Waals surface area contributed by atoms with E-state index in [-0.39, 0.29) is 11.4 Å². The van der Waals surface area contributed by atoms with Crippen LogP contribution in [0.4, 0.5) is 18.9 Å². The zero-order valence-electron chi connectivity index (χ0n) is 12.9. The molecule has 0 saturated carbocycles. The van der Waals surface area contributed by atoms with Crippen LogP contribution in [0, 0.1) is 0 Å². The Kier molecular flexibility index (Phi) is 5.81. The van der Waals surface area contributed by atoms with Gasteiger partial charge in [-0.05, 0) is 29.8 Å². The van der Waals surface area contributed by atoms with E-state index in [0.29, 0.717) is 12.2 Å². The zero-order chi connectivity index (χ0) is 17.6. The van der Waals surface area contributed by atoms with E-state index >= 15 is 0 Å². The minimum absolute atomic E-state index is 0.0452. The quantitative estimate of drug-likeness (QED) is 0.864. The van der Waals surface area contributed by atoms with Gasteiger partial charge in [-0.2, -0.15) is 13.2 Å². The van der Waals surface area contributed by atoms with Gasteiger partial charge in [-0.3, -0.25) is 4.79 Å². The van der Waals surface area contributed by atoms with Crippen LogP contribution in [0.25, 0.3) is 0 Å². The molecule has 0 fully saturated rings. The largest absolute Gasteiger partial charge is 0.482 e. The van der Waals surface area contributed by atoms with Gasteiger partial charge in [0, 0.05) is 12.7 Å². The molecule has 7 heteroatoms. The summed E-state index contributed by atoms with van der Waals surface area (Å²) in [7, 11) is 1.54. The number of carbonyl (C=O) groups excluding carboxylic acids is 1. The second-order valence-electron chi connectivity index (χ2n) is 4.99. The third kappa shape index (κ3) is 5.27. The first-order valence-electron chi connectivity index (χ1n) is 7.07. The average Bonchev–Trinajstić information content (AvgIpc) is 2.54. The van der Waals surface area contributed by atoms with E-state index in [2.05, 4.69) is 5.32 Å². The minimum atomic E-state index is -4.45. The number of hydrogen-bond acceptors (Lipinski definition) is 3. The van der Waals surface area contributed by atoms with Crippen molar-refractivity contribution in [2.45, 2.75) is 12.8 Å². The molecule has 24 heavy (non-hydrogen) atoms. The number of nitrogens with one attached hydrogen (secondary N) is 1. The molecule has 0 aliphatic carbocycles. The molecule has 128 valence electrons. The Morgan fingerprint density at radius 2 is 1.88 bits per heavy atom. The molecule has 2 aromatic carbocycles. The molecule has 0 spiro atoms. The second-order valence-corrected chi connectivity index (χ2v) is 4.99. The molecule has 0 unspecified atom stereocenters. The number of amides is 1. The number of methoxy groups -OCH3 is 1. The summed E-state index contributed by atoms with van der Waals surface area (Å²) in [5, 5.41) is 2.56. The van der Waals surface area contributed by atoms with E-state index in [9.17, 15) is 18.0 Å². The van der Waals surface area contributed by atoms with Crippen LogP contribution in [0.5, 0.6) is 5.75 Å². The number of rotatable bonds is 6. The Morgan fingerprint density at radius 3 is 2.58 bits per heavy atom. The van der Waals surface area contributed by atoms with Crippen LogP contribution in [0.1, 0.15) is 15.9 Å². The van der Waals surface area contributed by atoms with E-state index in [1.807, 2.05) is 0 Å². The highest BCUT2D eigenvalue weighted by molar-refractivity contribution is 6.05. The first-order valence-corrected chi connectivity index (χ1v) is 7.07. The lowest BCUT2D eigenvalue weighted by Crippen LogP contribution is -2.20. The van der Waals surface area contributed by atoms with Crippen LogP contribution in [0.3, 0.4) is 0 Å². The highest BCUT2D eigenvalue weighted by Crippen LogP contribution is 2.26. The Morgan fingerprint density at radius 1 is 1.12 bits per heavy atom. The molecule has 1 amide bonds. The lowest BCUT2D eigenvalue weighted by molar-refractivity contribution is -0.153. The van der Waals surface area contributed by atoms with E-state index in [1.54, 1.807) is 37.4 Å². The molecule has 0 heterocycles. The van der Waals surface area contributed by atoms with Crippen molar-refractivity contribution in [1.82, 2.24) is 0 Å². The lowest BCUT2D eigenvalue weighted by Gasteiger charge is -2.14. The molecular formula is C17H16F3NO3. The predicted octanol–water partition coefficient (Wildman–Crippen LogP) is 4.03. The smallest absolute Gasteiger partial charge is 0.422 e. The van der Waals surface area contributed by atoms with Gasteiger partial charge in [0.25, 0.3) is 5.91 Å². The van der Waals surface area contributed by atoms with Crippen LogP contribution in [-0.4, -0.2) is 25.8 Å². The van der Waals surface area contributed by atoms with Gasteiger partial charge in [0.15, 0.2) is 6.61 Å². The van der Waals surface area contributed by atoms with Gasteiger partial charge in [0.05, 0.1) is 12.3 Å². The van der Waals surface area contributed by atoms with Crippen LogP contribution < -0.4 is 10.1 Å². The first-order chi connectivity index (χ1) is 11.4. The van der Waals surface area contributed by atoms with Crippen molar-refractivity contribution in [2.75, 3.05) is 19.0 Å². The van der Waals surface area contributed by atoms with Gasteiger partial charge in [-0.25, -0.2) is 0 Å². The van der Waals surface area contributed by atoms with Crippen LogP contribution in [0.2, 0.25) is 0 Å². The monoisotopic (exact) mass is 339 g/mol. The van der Waals surface area contributed by atoms with E-state index < -0.39 is 18.7 Å². The molecule has 1 N–H and O–H groups in total. The molecule has 0 saturated heterocycles. The maximum Gasteiger partial charge on any atom is 0.422 e. The number of carbonyl (C=O) groups is 1. The topological polar surface area (TPSA) is 47.6 Å². The van der Waals surface area contributed by atoms with E-state index in [1.165, 1.54) is 18.2 Å². The van der Waals surface area contributed by atoms with E-state index in [0.717, 1.165) is 5.56 Å². The van der Waals surface area contributed by atoms with Crippen molar-refractivity contribution in [3.8, 4) is 5.75 Å². The fourth-order valence-corrected chi connectivity index (χ4v) is 2.02. The lowest BCUT2D eigenvalue weighted by atomic mass is 10.1. The summed E-state index contributed by atoms with van der Waals surface area (Å²) >= 11 is 0. The van der Waals surface area contributed by atoms with Gasteiger partial charge in [-0.1, -0.05) is 24.3 Å². The Balaban J connectivity index is 2.13. The van der Waals surface area contributed by atoms with Gasteiger partial charge >= 0.3 is 6.18 Å². The highest BCUT2D eigenvalue weighted by Gasteiger charge is 2.28. The van der Waals surface area contributed by atoms with Crippen LogP contribution >= 0.6 is 0 Å². The summed E-state index contributed by atoms with van der Waals surface area (Å²) < 4.78 is 46.6. The number of halogens is 3. The van der Waals surface area contributed by atoms with Crippen LogP contribution in [0.15, 0.2) is 48.5 Å². The average molecular weight is 339 g/mol. The number of anilines is 1. The van der Waals surface area contributed by atoms with Crippen molar-refractivity contribution < 1.29 is 27.4 Å². The number of ether oxygens (including phenoxy) is 2. The molecule has 0 aromatic heterocycles. The minimum Gasteiger partial charge on any atom is -0.482 e. The Hall–Kier alpha value is -2.54. The fraction of sp³-hybridized carbons (Fsp3) is 0.235. The SMILES string of the molecule is COCc1cccc(C(=O)Nc2ccccc2OCC(F)(F)F)c1. The van der Waals surface area contributed by atoms with Gasteiger partial charge in [0.2, 0.25) is 0 Å². The maximum atomic E-state index is 12.3. The second kappa shape index (κ2) is 7.83. The molecule has 2 rings (SSSR count). The van der Waals surface area contributed by atoms with Gasteiger partial charge in [0.1, 0.15) is 5.75 Å². The first kappa shape index (κ1) is 17.8. The molecule has 0 radical (unpaired) electrons. The Bertz CT molecular complexity index is 701. The molecule has 0 bridgehead atoms. The standard InChI is InChI=1S/C17H16F3NO3/c1-23-10-12-5-4-6-13(9-12)16(22)21-14-7-2-3-8-15(14)24-11-17(18,19)20/h2-9H,10-11H2,1H3,(H,21,22). The molecule has 0 aliphatic rings. The molecule has 0 atom stereocenters. The van der Waals surface area contributed by atoms with Gasteiger partial charge in [-0.15, -0.1) is 0 Å². The van der Waals surface area contributed by atoms with Crippen molar-refractivity contribution in [3.05, 3.63) is 59.7 Å². The summed E-state index contributed by atoms with van der Waals surface area (Å²) in [6.07, 6.45) is -4.45. The summed E-state index contributed by atoms with van der Waals surface area (Å²) in [6.45, 7) is -1.07.